The number of fused-ring (bicyclic) bond motifs is 1. The molecule has 0 saturated carbocycles. The van der Waals surface area contributed by atoms with Crippen LogP contribution in [0.15, 0.2) is 30.3 Å². The van der Waals surface area contributed by atoms with Gasteiger partial charge in [0, 0.05) is 44.9 Å². The number of amides is 1. The summed E-state index contributed by atoms with van der Waals surface area (Å²) < 4.78 is 5.11. The number of carbonyl (C=O) groups excluding carboxylic acids is 1. The minimum Gasteiger partial charge on any atom is -0.383 e. The Morgan fingerprint density at radius 3 is 2.68 bits per heavy atom. The fraction of sp³-hybridized carbons (Fsp3) is 0.533. The SMILES string of the molecule is COCCN1C[C@@H]2CN(c3ccccc3)C(=O)[C@@H]2C1. The highest BCUT2D eigenvalue weighted by atomic mass is 16.5. The van der Waals surface area contributed by atoms with Crippen molar-refractivity contribution >= 4 is 11.6 Å². The Morgan fingerprint density at radius 1 is 1.21 bits per heavy atom. The fourth-order valence-corrected chi connectivity index (χ4v) is 3.19. The van der Waals surface area contributed by atoms with Gasteiger partial charge in [0.1, 0.15) is 0 Å². The maximum Gasteiger partial charge on any atom is 0.231 e. The predicted octanol–water partition coefficient (Wildman–Crippen LogP) is 1.23. The Morgan fingerprint density at radius 2 is 2.00 bits per heavy atom. The Balaban J connectivity index is 1.66. The first-order chi connectivity index (χ1) is 9.29. The molecule has 0 bridgehead atoms. The molecule has 2 aliphatic heterocycles. The number of rotatable bonds is 4. The third-order valence-corrected chi connectivity index (χ3v) is 4.20. The lowest BCUT2D eigenvalue weighted by Crippen LogP contribution is -2.33. The largest absolute Gasteiger partial charge is 0.383 e. The van der Waals surface area contributed by atoms with Crippen molar-refractivity contribution in [1.29, 1.82) is 0 Å². The number of hydrogen-bond donors (Lipinski definition) is 0. The summed E-state index contributed by atoms with van der Waals surface area (Å²) in [6, 6.07) is 9.99. The molecule has 2 aliphatic rings. The molecule has 0 N–H and O–H groups in total. The molecular weight excluding hydrogens is 240 g/mol. The van der Waals surface area contributed by atoms with Gasteiger partial charge in [0.2, 0.25) is 5.91 Å². The van der Waals surface area contributed by atoms with Crippen molar-refractivity contribution in [1.82, 2.24) is 4.90 Å². The fourth-order valence-electron chi connectivity index (χ4n) is 3.19. The van der Waals surface area contributed by atoms with Crippen molar-refractivity contribution in [3.63, 3.8) is 0 Å². The number of benzene rings is 1. The van der Waals surface area contributed by atoms with Crippen LogP contribution in [0.3, 0.4) is 0 Å². The van der Waals surface area contributed by atoms with Crippen molar-refractivity contribution < 1.29 is 9.53 Å². The van der Waals surface area contributed by atoms with Gasteiger partial charge < -0.3 is 9.64 Å². The monoisotopic (exact) mass is 260 g/mol. The highest BCUT2D eigenvalue weighted by molar-refractivity contribution is 5.98. The Bertz CT molecular complexity index is 449. The summed E-state index contributed by atoms with van der Waals surface area (Å²) in [5.41, 5.74) is 1.03. The molecule has 19 heavy (non-hydrogen) atoms. The van der Waals surface area contributed by atoms with E-state index < -0.39 is 0 Å². The summed E-state index contributed by atoms with van der Waals surface area (Å²) in [7, 11) is 1.72. The topological polar surface area (TPSA) is 32.8 Å². The molecule has 2 saturated heterocycles. The minimum absolute atomic E-state index is 0.178. The lowest BCUT2D eigenvalue weighted by atomic mass is 10.0. The summed E-state index contributed by atoms with van der Waals surface area (Å²) in [5.74, 6) is 0.942. The average Bonchev–Trinajstić information content (AvgIpc) is 2.97. The van der Waals surface area contributed by atoms with Gasteiger partial charge in [-0.2, -0.15) is 0 Å². The number of nitrogens with zero attached hydrogens (tertiary/aromatic N) is 2. The van der Waals surface area contributed by atoms with Gasteiger partial charge in [-0.1, -0.05) is 18.2 Å². The van der Waals surface area contributed by atoms with Crippen molar-refractivity contribution in [2.75, 3.05) is 44.8 Å². The van der Waals surface area contributed by atoms with E-state index in [0.717, 1.165) is 38.5 Å². The van der Waals surface area contributed by atoms with Crippen LogP contribution < -0.4 is 4.90 Å². The normalized spacial score (nSPS) is 27.0. The maximum absolute atomic E-state index is 12.5. The number of ether oxygens (including phenoxy) is 1. The summed E-state index contributed by atoms with van der Waals surface area (Å²) in [4.78, 5) is 16.8. The van der Waals surface area contributed by atoms with E-state index in [0.29, 0.717) is 5.92 Å². The first kappa shape index (κ1) is 12.6. The van der Waals surface area contributed by atoms with Crippen LogP contribution in [0.25, 0.3) is 0 Å². The zero-order valence-corrected chi connectivity index (χ0v) is 11.3. The summed E-state index contributed by atoms with van der Waals surface area (Å²) in [6.45, 7) is 4.44. The number of carbonyl (C=O) groups is 1. The van der Waals surface area contributed by atoms with Crippen molar-refractivity contribution in [3.05, 3.63) is 30.3 Å². The number of methoxy groups -OCH3 is 1. The van der Waals surface area contributed by atoms with Crippen molar-refractivity contribution in [2.45, 2.75) is 0 Å². The van der Waals surface area contributed by atoms with Gasteiger partial charge in [-0.25, -0.2) is 0 Å². The molecule has 2 atom stereocenters. The predicted molar refractivity (Wildman–Crippen MR) is 74.1 cm³/mol. The van der Waals surface area contributed by atoms with Crippen LogP contribution in [0.5, 0.6) is 0 Å². The molecule has 4 nitrogen and oxygen atoms in total. The molecule has 102 valence electrons. The van der Waals surface area contributed by atoms with Crippen molar-refractivity contribution in [3.8, 4) is 0 Å². The summed E-state index contributed by atoms with van der Waals surface area (Å²) in [5, 5.41) is 0. The first-order valence-electron chi connectivity index (χ1n) is 6.87. The van der Waals surface area contributed by atoms with Gasteiger partial charge in [-0.05, 0) is 12.1 Å². The molecule has 0 unspecified atom stereocenters. The maximum atomic E-state index is 12.5. The minimum atomic E-state index is 0.178. The molecule has 1 aromatic carbocycles. The molecule has 1 amide bonds. The molecule has 0 aromatic heterocycles. The molecule has 4 heteroatoms. The lowest BCUT2D eigenvalue weighted by Gasteiger charge is -2.21. The molecule has 2 heterocycles. The van der Waals surface area contributed by atoms with E-state index in [9.17, 15) is 4.79 Å². The van der Waals surface area contributed by atoms with Crippen LogP contribution in [0.2, 0.25) is 0 Å². The van der Waals surface area contributed by atoms with Crippen LogP contribution in [0.4, 0.5) is 5.69 Å². The lowest BCUT2D eigenvalue weighted by molar-refractivity contribution is -0.120. The number of likely N-dealkylation sites (tertiary alicyclic amines) is 1. The average molecular weight is 260 g/mol. The van der Waals surface area contributed by atoms with E-state index in [1.54, 1.807) is 7.11 Å². The van der Waals surface area contributed by atoms with Gasteiger partial charge in [0.15, 0.2) is 0 Å². The zero-order chi connectivity index (χ0) is 13.2. The highest BCUT2D eigenvalue weighted by Gasteiger charge is 2.46. The number of hydrogen-bond acceptors (Lipinski definition) is 3. The second-order valence-electron chi connectivity index (χ2n) is 5.40. The van der Waals surface area contributed by atoms with Crippen LogP contribution in [-0.2, 0) is 9.53 Å². The Kier molecular flexibility index (Phi) is 3.53. The molecule has 2 fully saturated rings. The quantitative estimate of drug-likeness (QED) is 0.816. The standard InChI is InChI=1S/C15H20N2O2/c1-19-8-7-16-9-12-10-17(15(18)14(12)11-16)13-5-3-2-4-6-13/h2-6,12,14H,7-11H2,1H3/t12-,14-/m1/s1. The highest BCUT2D eigenvalue weighted by Crippen LogP contribution is 2.34. The second-order valence-corrected chi connectivity index (χ2v) is 5.40. The van der Waals surface area contributed by atoms with Gasteiger partial charge in [0.05, 0.1) is 12.5 Å². The van der Waals surface area contributed by atoms with E-state index in [-0.39, 0.29) is 11.8 Å². The first-order valence-corrected chi connectivity index (χ1v) is 6.87. The van der Waals surface area contributed by atoms with Crippen LogP contribution in [0.1, 0.15) is 0 Å². The van der Waals surface area contributed by atoms with E-state index in [1.807, 2.05) is 35.2 Å². The van der Waals surface area contributed by atoms with Crippen LogP contribution in [0, 0.1) is 11.8 Å². The van der Waals surface area contributed by atoms with Crippen LogP contribution >= 0.6 is 0 Å². The van der Waals surface area contributed by atoms with Crippen molar-refractivity contribution in [2.24, 2.45) is 11.8 Å². The molecule has 1 aromatic rings. The second kappa shape index (κ2) is 5.31. The van der Waals surface area contributed by atoms with Gasteiger partial charge >= 0.3 is 0 Å². The Labute approximate surface area is 113 Å². The van der Waals surface area contributed by atoms with Gasteiger partial charge in [-0.15, -0.1) is 0 Å². The summed E-state index contributed by atoms with van der Waals surface area (Å²) in [6.07, 6.45) is 0. The molecule has 0 spiro atoms. The van der Waals surface area contributed by atoms with E-state index in [4.69, 9.17) is 4.74 Å². The third kappa shape index (κ3) is 2.38. The molecule has 0 radical (unpaired) electrons. The van der Waals surface area contributed by atoms with E-state index >= 15 is 0 Å². The molecular formula is C15H20N2O2. The third-order valence-electron chi connectivity index (χ3n) is 4.20. The van der Waals surface area contributed by atoms with E-state index in [2.05, 4.69) is 4.90 Å². The summed E-state index contributed by atoms with van der Waals surface area (Å²) >= 11 is 0. The number of anilines is 1. The van der Waals surface area contributed by atoms with Gasteiger partial charge in [0.25, 0.3) is 0 Å². The van der Waals surface area contributed by atoms with Crippen LogP contribution in [-0.4, -0.2) is 50.7 Å². The van der Waals surface area contributed by atoms with E-state index in [1.165, 1.54) is 0 Å². The molecule has 0 aliphatic carbocycles. The van der Waals surface area contributed by atoms with Gasteiger partial charge in [-0.3, -0.25) is 9.69 Å². The number of para-hydroxylation sites is 1. The molecule has 3 rings (SSSR count). The Hall–Kier alpha value is -1.39. The zero-order valence-electron chi connectivity index (χ0n) is 11.3. The smallest absolute Gasteiger partial charge is 0.231 e.